The van der Waals surface area contributed by atoms with Crippen LogP contribution in [-0.4, -0.2) is 37.4 Å². The molecule has 1 saturated carbocycles. The minimum absolute atomic E-state index is 0. The summed E-state index contributed by atoms with van der Waals surface area (Å²) in [5, 5.41) is 6.96. The van der Waals surface area contributed by atoms with Gasteiger partial charge >= 0.3 is 0 Å². The molecule has 1 heterocycles. The van der Waals surface area contributed by atoms with Gasteiger partial charge in [0, 0.05) is 48.6 Å². The Bertz CT molecular complexity index is 824. The standard InChI is InChI=1S/C23H28N4S.HI/c1-24-22(26-18-23(13-14-23)28-21-7-3-2-4-8-21)25-17-19-9-11-20(12-10-19)27-15-5-6-16-27;/h2-12H,13-18H2,1H3,(H2,24,25,26);1H. The van der Waals surface area contributed by atoms with Crippen LogP contribution in [0.3, 0.4) is 0 Å². The van der Waals surface area contributed by atoms with Crippen molar-refractivity contribution in [1.29, 1.82) is 0 Å². The molecule has 4 nitrogen and oxygen atoms in total. The molecule has 6 heteroatoms. The number of guanidine groups is 1. The number of rotatable bonds is 7. The fraction of sp³-hybridized carbons (Fsp3) is 0.348. The van der Waals surface area contributed by atoms with Gasteiger partial charge in [-0.15, -0.1) is 35.7 Å². The molecular weight excluding hydrogens is 491 g/mol. The van der Waals surface area contributed by atoms with Crippen LogP contribution in [0, 0.1) is 0 Å². The van der Waals surface area contributed by atoms with Gasteiger partial charge in [-0.3, -0.25) is 4.99 Å². The van der Waals surface area contributed by atoms with Crippen LogP contribution >= 0.6 is 35.7 Å². The number of hydrogen-bond donors (Lipinski definition) is 2. The van der Waals surface area contributed by atoms with E-state index in [9.17, 15) is 0 Å². The van der Waals surface area contributed by atoms with E-state index < -0.39 is 0 Å². The number of halogens is 1. The molecular formula is C23H29IN4S. The Morgan fingerprint density at radius 2 is 1.69 bits per heavy atom. The van der Waals surface area contributed by atoms with Crippen LogP contribution in [0.4, 0.5) is 5.69 Å². The topological polar surface area (TPSA) is 39.7 Å². The third-order valence-corrected chi connectivity index (χ3v) is 6.76. The van der Waals surface area contributed by atoms with E-state index in [1.807, 2.05) is 18.8 Å². The van der Waals surface area contributed by atoms with Crippen molar-refractivity contribution in [3.05, 3.63) is 72.3 Å². The van der Waals surface area contributed by atoms with E-state index in [1.54, 1.807) is 0 Å². The monoisotopic (exact) mass is 520 g/mol. The van der Waals surface area contributed by atoms with Crippen molar-refractivity contribution >= 4 is 47.4 Å². The Hall–Kier alpha value is -1.67. The van der Waals surface area contributed by atoms with E-state index in [0.717, 1.165) is 32.1 Å². The maximum absolute atomic E-state index is 4.39. The van der Waals surface area contributed by atoms with Gasteiger partial charge in [0.05, 0.1) is 0 Å². The number of nitrogens with zero attached hydrogens (tertiary/aromatic N) is 2. The van der Waals surface area contributed by atoms with Crippen LogP contribution in [0.25, 0.3) is 0 Å². The third-order valence-electron chi connectivity index (χ3n) is 5.27. The summed E-state index contributed by atoms with van der Waals surface area (Å²) in [6.45, 7) is 3.73. The van der Waals surface area contributed by atoms with Crippen molar-refractivity contribution < 1.29 is 0 Å². The summed E-state index contributed by atoms with van der Waals surface area (Å²) in [4.78, 5) is 8.09. The molecule has 0 unspecified atom stereocenters. The highest BCUT2D eigenvalue weighted by atomic mass is 127. The highest BCUT2D eigenvalue weighted by molar-refractivity contribution is 14.0. The lowest BCUT2D eigenvalue weighted by Crippen LogP contribution is -2.40. The molecule has 0 bridgehead atoms. The number of aliphatic imine (C=N–C) groups is 1. The summed E-state index contributed by atoms with van der Waals surface area (Å²) in [6, 6.07) is 19.5. The molecule has 2 N–H and O–H groups in total. The number of thioether (sulfide) groups is 1. The summed E-state index contributed by atoms with van der Waals surface area (Å²) in [6.07, 6.45) is 6.94. The Morgan fingerprint density at radius 1 is 1.00 bits per heavy atom. The molecule has 1 fully saturated rings. The van der Waals surface area contributed by atoms with E-state index in [1.165, 1.54) is 29.0 Å². The Morgan fingerprint density at radius 3 is 2.31 bits per heavy atom. The van der Waals surface area contributed by atoms with Crippen molar-refractivity contribution in [2.45, 2.75) is 29.0 Å². The van der Waals surface area contributed by atoms with E-state index in [2.05, 4.69) is 87.3 Å². The average Bonchev–Trinajstić information content (AvgIpc) is 3.27. The predicted molar refractivity (Wildman–Crippen MR) is 136 cm³/mol. The second-order valence-corrected chi connectivity index (χ2v) is 8.96. The molecule has 0 aromatic heterocycles. The average molecular weight is 520 g/mol. The molecule has 2 aromatic rings. The van der Waals surface area contributed by atoms with Crippen molar-refractivity contribution in [3.8, 4) is 0 Å². The smallest absolute Gasteiger partial charge is 0.191 e. The lowest BCUT2D eigenvalue weighted by Gasteiger charge is -2.19. The quantitative estimate of drug-likeness (QED) is 0.241. The fourth-order valence-electron chi connectivity index (χ4n) is 3.36. The van der Waals surface area contributed by atoms with Gasteiger partial charge in [0.15, 0.2) is 5.96 Å². The zero-order valence-corrected chi connectivity index (χ0v) is 20.0. The SMILES string of the molecule is CN=C(NCc1ccc(N2CC=CC2)cc1)NCC1(Sc2ccccc2)CC1.I. The molecule has 0 atom stereocenters. The molecule has 0 saturated heterocycles. The summed E-state index contributed by atoms with van der Waals surface area (Å²) in [5.41, 5.74) is 2.54. The highest BCUT2D eigenvalue weighted by Crippen LogP contribution is 2.51. The van der Waals surface area contributed by atoms with Gasteiger partial charge in [0.2, 0.25) is 0 Å². The van der Waals surface area contributed by atoms with Crippen molar-refractivity contribution in [2.24, 2.45) is 4.99 Å². The molecule has 0 amide bonds. The van der Waals surface area contributed by atoms with E-state index in [-0.39, 0.29) is 24.0 Å². The minimum atomic E-state index is 0. The van der Waals surface area contributed by atoms with Crippen LogP contribution < -0.4 is 15.5 Å². The van der Waals surface area contributed by atoms with Crippen molar-refractivity contribution in [2.75, 3.05) is 31.6 Å². The summed E-state index contributed by atoms with van der Waals surface area (Å²) >= 11 is 1.98. The van der Waals surface area contributed by atoms with Crippen LogP contribution in [0.2, 0.25) is 0 Å². The summed E-state index contributed by atoms with van der Waals surface area (Å²) in [7, 11) is 1.84. The van der Waals surface area contributed by atoms with Gasteiger partial charge in [-0.2, -0.15) is 0 Å². The Kier molecular flexibility index (Phi) is 7.89. The van der Waals surface area contributed by atoms with E-state index in [0.29, 0.717) is 4.75 Å². The predicted octanol–water partition coefficient (Wildman–Crippen LogP) is 4.67. The second-order valence-electron chi connectivity index (χ2n) is 7.42. The first-order valence-electron chi connectivity index (χ1n) is 9.94. The van der Waals surface area contributed by atoms with Crippen molar-refractivity contribution in [3.63, 3.8) is 0 Å². The molecule has 4 rings (SSSR count). The maximum Gasteiger partial charge on any atom is 0.191 e. The largest absolute Gasteiger partial charge is 0.364 e. The summed E-state index contributed by atoms with van der Waals surface area (Å²) in [5.74, 6) is 0.868. The molecule has 2 aliphatic rings. The van der Waals surface area contributed by atoms with Crippen LogP contribution in [0.1, 0.15) is 18.4 Å². The maximum atomic E-state index is 4.39. The van der Waals surface area contributed by atoms with E-state index in [4.69, 9.17) is 0 Å². The van der Waals surface area contributed by atoms with Gasteiger partial charge in [0.1, 0.15) is 0 Å². The highest BCUT2D eigenvalue weighted by Gasteiger charge is 2.43. The number of hydrogen-bond acceptors (Lipinski definition) is 3. The molecule has 154 valence electrons. The zero-order valence-electron chi connectivity index (χ0n) is 16.8. The first kappa shape index (κ1) is 22.0. The van der Waals surface area contributed by atoms with Crippen molar-refractivity contribution in [1.82, 2.24) is 10.6 Å². The van der Waals surface area contributed by atoms with Gasteiger partial charge in [-0.1, -0.05) is 42.5 Å². The zero-order chi connectivity index (χ0) is 19.2. The summed E-state index contributed by atoms with van der Waals surface area (Å²) < 4.78 is 0.310. The fourth-order valence-corrected chi connectivity index (χ4v) is 4.60. The Labute approximate surface area is 195 Å². The van der Waals surface area contributed by atoms with Gasteiger partial charge in [-0.05, 0) is 42.7 Å². The first-order chi connectivity index (χ1) is 13.8. The molecule has 2 aromatic carbocycles. The third kappa shape index (κ3) is 6.15. The second kappa shape index (κ2) is 10.4. The normalized spacial score (nSPS) is 17.0. The van der Waals surface area contributed by atoms with Gasteiger partial charge < -0.3 is 15.5 Å². The minimum Gasteiger partial charge on any atom is -0.364 e. The number of anilines is 1. The Balaban J connectivity index is 0.00000240. The van der Waals surface area contributed by atoms with Gasteiger partial charge in [-0.25, -0.2) is 0 Å². The van der Waals surface area contributed by atoms with Gasteiger partial charge in [0.25, 0.3) is 0 Å². The molecule has 29 heavy (non-hydrogen) atoms. The first-order valence-corrected chi connectivity index (χ1v) is 10.8. The molecule has 1 aliphatic heterocycles. The van der Waals surface area contributed by atoms with Crippen LogP contribution in [0.5, 0.6) is 0 Å². The van der Waals surface area contributed by atoms with Crippen LogP contribution in [0.15, 0.2) is 76.6 Å². The lowest BCUT2D eigenvalue weighted by atomic mass is 10.2. The molecule has 1 aliphatic carbocycles. The number of benzene rings is 2. The van der Waals surface area contributed by atoms with Crippen LogP contribution in [-0.2, 0) is 6.54 Å². The number of nitrogens with one attached hydrogen (secondary N) is 2. The van der Waals surface area contributed by atoms with E-state index >= 15 is 0 Å². The lowest BCUT2D eigenvalue weighted by molar-refractivity contribution is 0.766. The molecule has 0 spiro atoms. The molecule has 0 radical (unpaired) electrons.